The molecule has 0 aromatic heterocycles. The van der Waals surface area contributed by atoms with Crippen LogP contribution in [-0.2, 0) is 21.5 Å². The summed E-state index contributed by atoms with van der Waals surface area (Å²) in [4.78, 5) is 39.4. The van der Waals surface area contributed by atoms with Gasteiger partial charge < -0.3 is 10.6 Å². The maximum Gasteiger partial charge on any atom is 0.325 e. The second-order valence-electron chi connectivity index (χ2n) is 8.06. The van der Waals surface area contributed by atoms with E-state index in [1.807, 2.05) is 31.2 Å². The van der Waals surface area contributed by atoms with Gasteiger partial charge in [0.1, 0.15) is 12.1 Å². The quantitative estimate of drug-likeness (QED) is 0.559. The van der Waals surface area contributed by atoms with Crippen molar-refractivity contribution in [2.45, 2.75) is 76.8 Å². The van der Waals surface area contributed by atoms with Gasteiger partial charge in [-0.3, -0.25) is 14.5 Å². The van der Waals surface area contributed by atoms with Crippen molar-refractivity contribution in [2.75, 3.05) is 6.54 Å². The predicted molar refractivity (Wildman–Crippen MR) is 108 cm³/mol. The fourth-order valence-electron chi connectivity index (χ4n) is 4.35. The first-order chi connectivity index (χ1) is 13.5. The molecule has 28 heavy (non-hydrogen) atoms. The SMILES string of the molecule is CCCCCC(C)NC(=O)CN1C(=O)NC2(CCCCc3ccccc32)C1=O. The summed E-state index contributed by atoms with van der Waals surface area (Å²) in [7, 11) is 0. The van der Waals surface area contributed by atoms with Gasteiger partial charge in [-0.05, 0) is 50.2 Å². The van der Waals surface area contributed by atoms with Crippen molar-refractivity contribution in [1.29, 1.82) is 0 Å². The second kappa shape index (κ2) is 8.76. The highest BCUT2D eigenvalue weighted by atomic mass is 16.2. The number of hydrogen-bond acceptors (Lipinski definition) is 3. The van der Waals surface area contributed by atoms with Gasteiger partial charge in [0.05, 0.1) is 0 Å². The minimum atomic E-state index is -1.03. The van der Waals surface area contributed by atoms with E-state index in [4.69, 9.17) is 0 Å². The van der Waals surface area contributed by atoms with Crippen LogP contribution in [0.5, 0.6) is 0 Å². The Morgan fingerprint density at radius 1 is 1.25 bits per heavy atom. The van der Waals surface area contributed by atoms with Crippen LogP contribution in [0.15, 0.2) is 24.3 Å². The van der Waals surface area contributed by atoms with E-state index in [9.17, 15) is 14.4 Å². The van der Waals surface area contributed by atoms with Crippen LogP contribution < -0.4 is 10.6 Å². The lowest BCUT2D eigenvalue weighted by atomic mass is 9.84. The van der Waals surface area contributed by atoms with Gasteiger partial charge in [0.25, 0.3) is 5.91 Å². The van der Waals surface area contributed by atoms with Crippen LogP contribution in [0.25, 0.3) is 0 Å². The van der Waals surface area contributed by atoms with Crippen molar-refractivity contribution in [3.63, 3.8) is 0 Å². The Kier molecular flexibility index (Phi) is 6.37. The van der Waals surface area contributed by atoms with Crippen LogP contribution >= 0.6 is 0 Å². The second-order valence-corrected chi connectivity index (χ2v) is 8.06. The number of nitrogens with one attached hydrogen (secondary N) is 2. The third kappa shape index (κ3) is 4.05. The van der Waals surface area contributed by atoms with Crippen molar-refractivity contribution >= 4 is 17.8 Å². The van der Waals surface area contributed by atoms with Crippen molar-refractivity contribution in [1.82, 2.24) is 15.5 Å². The number of carbonyl (C=O) groups is 3. The first kappa shape index (κ1) is 20.4. The maximum absolute atomic E-state index is 13.3. The van der Waals surface area contributed by atoms with E-state index in [-0.39, 0.29) is 24.4 Å². The zero-order chi connectivity index (χ0) is 20.1. The first-order valence-electron chi connectivity index (χ1n) is 10.5. The molecular formula is C22H31N3O3. The molecule has 2 N–H and O–H groups in total. The van der Waals surface area contributed by atoms with Crippen LogP contribution in [-0.4, -0.2) is 35.3 Å². The highest BCUT2D eigenvalue weighted by Gasteiger charge is 2.53. The smallest absolute Gasteiger partial charge is 0.325 e. The summed E-state index contributed by atoms with van der Waals surface area (Å²) in [6.07, 6.45) is 7.53. The minimum absolute atomic E-state index is 0.0346. The van der Waals surface area contributed by atoms with E-state index in [1.54, 1.807) is 0 Å². The van der Waals surface area contributed by atoms with E-state index >= 15 is 0 Å². The summed E-state index contributed by atoms with van der Waals surface area (Å²) in [6, 6.07) is 7.37. The molecule has 6 heteroatoms. The average molecular weight is 386 g/mol. The number of imide groups is 1. The molecule has 2 aliphatic rings. The number of aryl methyl sites for hydroxylation is 1. The molecule has 1 spiro atoms. The molecular weight excluding hydrogens is 354 g/mol. The highest BCUT2D eigenvalue weighted by Crippen LogP contribution is 2.38. The Balaban J connectivity index is 1.71. The van der Waals surface area contributed by atoms with Gasteiger partial charge in [-0.2, -0.15) is 0 Å². The zero-order valence-corrected chi connectivity index (χ0v) is 16.9. The molecule has 1 aromatic rings. The van der Waals surface area contributed by atoms with Gasteiger partial charge in [0.15, 0.2) is 0 Å². The lowest BCUT2D eigenvalue weighted by molar-refractivity contribution is -0.135. The fourth-order valence-corrected chi connectivity index (χ4v) is 4.35. The average Bonchev–Trinajstić information content (AvgIpc) is 2.81. The molecule has 1 heterocycles. The van der Waals surface area contributed by atoms with Gasteiger partial charge in [-0.25, -0.2) is 4.79 Å². The van der Waals surface area contributed by atoms with Crippen LogP contribution in [0.1, 0.15) is 69.9 Å². The largest absolute Gasteiger partial charge is 0.352 e. The van der Waals surface area contributed by atoms with Gasteiger partial charge in [-0.1, -0.05) is 50.5 Å². The summed E-state index contributed by atoms with van der Waals surface area (Å²) >= 11 is 0. The topological polar surface area (TPSA) is 78.5 Å². The van der Waals surface area contributed by atoms with E-state index in [1.165, 1.54) is 0 Å². The van der Waals surface area contributed by atoms with Gasteiger partial charge >= 0.3 is 6.03 Å². The molecule has 1 fully saturated rings. The normalized spacial score (nSPS) is 22.6. The minimum Gasteiger partial charge on any atom is -0.352 e. The fraction of sp³-hybridized carbons (Fsp3) is 0.591. The Morgan fingerprint density at radius 2 is 2.04 bits per heavy atom. The van der Waals surface area contributed by atoms with E-state index in [0.717, 1.165) is 61.0 Å². The molecule has 1 saturated heterocycles. The molecule has 0 radical (unpaired) electrons. The summed E-state index contributed by atoms with van der Waals surface area (Å²) < 4.78 is 0. The maximum atomic E-state index is 13.3. The summed E-state index contributed by atoms with van der Waals surface area (Å²) in [5.74, 6) is -0.591. The Hall–Kier alpha value is -2.37. The van der Waals surface area contributed by atoms with E-state index in [2.05, 4.69) is 17.6 Å². The van der Waals surface area contributed by atoms with Crippen molar-refractivity contribution in [3.8, 4) is 0 Å². The number of carbonyl (C=O) groups excluding carboxylic acids is 3. The number of fused-ring (bicyclic) bond motifs is 2. The van der Waals surface area contributed by atoms with Crippen molar-refractivity contribution < 1.29 is 14.4 Å². The summed E-state index contributed by atoms with van der Waals surface area (Å²) in [5.41, 5.74) is 0.947. The number of amides is 4. The molecule has 1 aliphatic carbocycles. The van der Waals surface area contributed by atoms with Gasteiger partial charge in [-0.15, -0.1) is 0 Å². The van der Waals surface area contributed by atoms with Crippen LogP contribution in [0.3, 0.4) is 0 Å². The molecule has 1 aromatic carbocycles. The number of benzene rings is 1. The van der Waals surface area contributed by atoms with Crippen molar-refractivity contribution in [2.24, 2.45) is 0 Å². The number of rotatable bonds is 7. The molecule has 0 saturated carbocycles. The molecule has 0 bridgehead atoms. The van der Waals surface area contributed by atoms with Gasteiger partial charge in [0.2, 0.25) is 5.91 Å². The van der Waals surface area contributed by atoms with Crippen LogP contribution in [0.2, 0.25) is 0 Å². The number of nitrogens with zero attached hydrogens (tertiary/aromatic N) is 1. The monoisotopic (exact) mass is 385 g/mol. The summed E-state index contributed by atoms with van der Waals surface area (Å²) in [6.45, 7) is 3.87. The third-order valence-corrected chi connectivity index (χ3v) is 5.85. The molecule has 4 amide bonds. The molecule has 6 nitrogen and oxygen atoms in total. The van der Waals surface area contributed by atoms with Crippen LogP contribution in [0, 0.1) is 0 Å². The van der Waals surface area contributed by atoms with Gasteiger partial charge in [0, 0.05) is 6.04 Å². The standard InChI is InChI=1S/C22H31N3O3/c1-3-4-5-10-16(2)23-19(26)15-25-20(27)22(24-21(25)28)14-9-8-12-17-11-6-7-13-18(17)22/h6-7,11,13,16H,3-5,8-10,12,14-15H2,1-2H3,(H,23,26)(H,24,28). The lowest BCUT2D eigenvalue weighted by Crippen LogP contribution is -2.46. The zero-order valence-electron chi connectivity index (χ0n) is 16.9. The molecule has 2 atom stereocenters. The van der Waals surface area contributed by atoms with E-state index in [0.29, 0.717) is 6.42 Å². The first-order valence-corrected chi connectivity index (χ1v) is 10.5. The van der Waals surface area contributed by atoms with Crippen molar-refractivity contribution in [3.05, 3.63) is 35.4 Å². The predicted octanol–water partition coefficient (Wildman–Crippen LogP) is 3.25. The highest BCUT2D eigenvalue weighted by molar-refractivity contribution is 6.09. The number of hydrogen-bond donors (Lipinski definition) is 2. The number of unbranched alkanes of at least 4 members (excludes halogenated alkanes) is 2. The number of urea groups is 1. The lowest BCUT2D eigenvalue weighted by Gasteiger charge is -2.27. The third-order valence-electron chi connectivity index (χ3n) is 5.85. The molecule has 1 aliphatic heterocycles. The Labute approximate surface area is 167 Å². The molecule has 2 unspecified atom stereocenters. The molecule has 3 rings (SSSR count). The van der Waals surface area contributed by atoms with E-state index < -0.39 is 11.6 Å². The van der Waals surface area contributed by atoms with Crippen LogP contribution in [0.4, 0.5) is 4.79 Å². The molecule has 152 valence electrons. The Morgan fingerprint density at radius 3 is 2.82 bits per heavy atom. The Bertz CT molecular complexity index is 748. The summed E-state index contributed by atoms with van der Waals surface area (Å²) in [5, 5.41) is 5.84.